The van der Waals surface area contributed by atoms with Gasteiger partial charge in [-0.3, -0.25) is 9.89 Å². The molecule has 1 amide bonds. The molecule has 0 bridgehead atoms. The Morgan fingerprint density at radius 3 is 2.72 bits per heavy atom. The zero-order chi connectivity index (χ0) is 20.3. The van der Waals surface area contributed by atoms with Gasteiger partial charge in [-0.1, -0.05) is 53.7 Å². The highest BCUT2D eigenvalue weighted by Gasteiger charge is 2.47. The molecule has 8 nitrogen and oxygen atoms in total. The standard InChI is InChI=1S/C21H20N4O4/c1-28-20(27)21(11-14-7-3-2-4-8-14)12-15(25-29-21)13-22-19(26)18-16-9-5-6-10-17(16)23-24-18/h2-10H,11-13H2,1H3,(H,22,26)(H,23,24). The summed E-state index contributed by atoms with van der Waals surface area (Å²) in [4.78, 5) is 30.5. The topological polar surface area (TPSA) is 106 Å². The van der Waals surface area contributed by atoms with Crippen LogP contribution in [0.3, 0.4) is 0 Å². The van der Waals surface area contributed by atoms with Crippen molar-refractivity contribution in [3.05, 3.63) is 65.9 Å². The number of H-pyrrole nitrogens is 1. The minimum absolute atomic E-state index is 0.146. The number of fused-ring (bicyclic) bond motifs is 1. The number of methoxy groups -OCH3 is 1. The summed E-state index contributed by atoms with van der Waals surface area (Å²) in [6.07, 6.45) is 0.557. The highest BCUT2D eigenvalue weighted by molar-refractivity contribution is 6.06. The Morgan fingerprint density at radius 2 is 1.93 bits per heavy atom. The number of amides is 1. The van der Waals surface area contributed by atoms with Crippen molar-refractivity contribution in [2.75, 3.05) is 13.7 Å². The van der Waals surface area contributed by atoms with Gasteiger partial charge in [0.1, 0.15) is 0 Å². The second-order valence-electron chi connectivity index (χ2n) is 6.87. The molecule has 2 heterocycles. The average Bonchev–Trinajstić information content (AvgIpc) is 3.37. The molecule has 0 fully saturated rings. The Kier molecular flexibility index (Phi) is 4.99. The van der Waals surface area contributed by atoms with Gasteiger partial charge in [0.2, 0.25) is 5.60 Å². The number of esters is 1. The third-order valence-electron chi connectivity index (χ3n) is 4.87. The molecule has 1 aliphatic rings. The van der Waals surface area contributed by atoms with Crippen molar-refractivity contribution < 1.29 is 19.2 Å². The summed E-state index contributed by atoms with van der Waals surface area (Å²) in [5.41, 5.74) is 1.35. The summed E-state index contributed by atoms with van der Waals surface area (Å²) in [7, 11) is 1.32. The lowest BCUT2D eigenvalue weighted by atomic mass is 9.89. The van der Waals surface area contributed by atoms with E-state index in [1.54, 1.807) is 0 Å². The molecular formula is C21H20N4O4. The summed E-state index contributed by atoms with van der Waals surface area (Å²) >= 11 is 0. The van der Waals surface area contributed by atoms with E-state index in [1.807, 2.05) is 54.6 Å². The van der Waals surface area contributed by atoms with Crippen molar-refractivity contribution in [2.45, 2.75) is 18.4 Å². The highest BCUT2D eigenvalue weighted by Crippen LogP contribution is 2.29. The van der Waals surface area contributed by atoms with Crippen LogP contribution in [-0.2, 0) is 20.8 Å². The molecule has 1 aromatic heterocycles. The molecule has 0 saturated carbocycles. The predicted molar refractivity (Wildman–Crippen MR) is 106 cm³/mol. The second kappa shape index (κ2) is 7.75. The molecule has 3 aromatic rings. The molecule has 2 N–H and O–H groups in total. The molecule has 0 saturated heterocycles. The lowest BCUT2D eigenvalue weighted by Gasteiger charge is -2.23. The van der Waals surface area contributed by atoms with Gasteiger partial charge in [-0.05, 0) is 11.6 Å². The van der Waals surface area contributed by atoms with Gasteiger partial charge in [-0.25, -0.2) is 4.79 Å². The Hall–Kier alpha value is -3.68. The SMILES string of the molecule is COC(=O)C1(Cc2ccccc2)CC(CNC(=O)c2n[nH]c3ccccc23)=NO1. The summed E-state index contributed by atoms with van der Waals surface area (Å²) in [5.74, 6) is -0.825. The number of aromatic amines is 1. The first-order valence-corrected chi connectivity index (χ1v) is 9.19. The number of nitrogens with one attached hydrogen (secondary N) is 2. The van der Waals surface area contributed by atoms with Crippen LogP contribution in [0.1, 0.15) is 22.5 Å². The van der Waals surface area contributed by atoms with Crippen LogP contribution in [0.25, 0.3) is 10.9 Å². The van der Waals surface area contributed by atoms with E-state index in [0.29, 0.717) is 17.8 Å². The maximum atomic E-state index is 12.5. The van der Waals surface area contributed by atoms with E-state index in [2.05, 4.69) is 20.7 Å². The van der Waals surface area contributed by atoms with Crippen LogP contribution in [0, 0.1) is 0 Å². The van der Waals surface area contributed by atoms with E-state index in [9.17, 15) is 9.59 Å². The van der Waals surface area contributed by atoms with Gasteiger partial charge in [0.25, 0.3) is 5.91 Å². The van der Waals surface area contributed by atoms with Gasteiger partial charge < -0.3 is 14.9 Å². The van der Waals surface area contributed by atoms with Crippen LogP contribution in [-0.4, -0.2) is 47.0 Å². The summed E-state index contributed by atoms with van der Waals surface area (Å²) in [6, 6.07) is 16.9. The fourth-order valence-corrected chi connectivity index (χ4v) is 3.43. The van der Waals surface area contributed by atoms with Crippen molar-refractivity contribution in [3.8, 4) is 0 Å². The zero-order valence-corrected chi connectivity index (χ0v) is 15.8. The molecule has 1 unspecified atom stereocenters. The van der Waals surface area contributed by atoms with Crippen molar-refractivity contribution in [1.82, 2.24) is 15.5 Å². The molecule has 4 rings (SSSR count). The number of oxime groups is 1. The zero-order valence-electron chi connectivity index (χ0n) is 15.8. The molecule has 1 aliphatic heterocycles. The number of ether oxygens (including phenoxy) is 1. The molecule has 2 aromatic carbocycles. The Morgan fingerprint density at radius 1 is 1.17 bits per heavy atom. The first-order valence-electron chi connectivity index (χ1n) is 9.19. The van der Waals surface area contributed by atoms with Gasteiger partial charge in [0, 0.05) is 18.2 Å². The van der Waals surface area contributed by atoms with Crippen molar-refractivity contribution in [1.29, 1.82) is 0 Å². The van der Waals surface area contributed by atoms with Gasteiger partial charge in [0.15, 0.2) is 5.69 Å². The van der Waals surface area contributed by atoms with Crippen molar-refractivity contribution >= 4 is 28.5 Å². The fourth-order valence-electron chi connectivity index (χ4n) is 3.43. The number of aromatic nitrogens is 2. The monoisotopic (exact) mass is 392 g/mol. The molecule has 0 aliphatic carbocycles. The maximum absolute atomic E-state index is 12.5. The molecule has 0 spiro atoms. The second-order valence-corrected chi connectivity index (χ2v) is 6.87. The number of hydrogen-bond acceptors (Lipinski definition) is 6. The third-order valence-corrected chi connectivity index (χ3v) is 4.87. The number of carbonyl (C=O) groups is 2. The van der Waals surface area contributed by atoms with E-state index < -0.39 is 11.6 Å². The number of hydrogen-bond donors (Lipinski definition) is 2. The number of rotatable bonds is 6. The van der Waals surface area contributed by atoms with Crippen LogP contribution in [0.15, 0.2) is 59.8 Å². The van der Waals surface area contributed by atoms with Crippen molar-refractivity contribution in [3.63, 3.8) is 0 Å². The van der Waals surface area contributed by atoms with Gasteiger partial charge in [0.05, 0.1) is 24.9 Å². The average molecular weight is 392 g/mol. The Labute approximate surface area is 166 Å². The summed E-state index contributed by atoms with van der Waals surface area (Å²) < 4.78 is 4.95. The van der Waals surface area contributed by atoms with E-state index in [1.165, 1.54) is 7.11 Å². The van der Waals surface area contributed by atoms with Gasteiger partial charge >= 0.3 is 5.97 Å². The van der Waals surface area contributed by atoms with Crippen LogP contribution in [0.4, 0.5) is 0 Å². The molecular weight excluding hydrogens is 372 g/mol. The van der Waals surface area contributed by atoms with Crippen LogP contribution in [0.5, 0.6) is 0 Å². The first kappa shape index (κ1) is 18.7. The number of benzene rings is 2. The molecule has 1 atom stereocenters. The van der Waals surface area contributed by atoms with Gasteiger partial charge in [-0.2, -0.15) is 5.10 Å². The number of nitrogens with zero attached hydrogens (tertiary/aromatic N) is 2. The van der Waals surface area contributed by atoms with Gasteiger partial charge in [-0.15, -0.1) is 0 Å². The lowest BCUT2D eigenvalue weighted by Crippen LogP contribution is -2.43. The quantitative estimate of drug-likeness (QED) is 0.626. The molecule has 0 radical (unpaired) electrons. The fraction of sp³-hybridized carbons (Fsp3) is 0.238. The maximum Gasteiger partial charge on any atom is 0.353 e. The first-order chi connectivity index (χ1) is 14.1. The third kappa shape index (κ3) is 3.69. The number of carbonyl (C=O) groups excluding carboxylic acids is 2. The van der Waals surface area contributed by atoms with E-state index in [4.69, 9.17) is 9.57 Å². The van der Waals surface area contributed by atoms with Crippen LogP contribution in [0.2, 0.25) is 0 Å². The molecule has 29 heavy (non-hydrogen) atoms. The highest BCUT2D eigenvalue weighted by atomic mass is 16.7. The largest absolute Gasteiger partial charge is 0.466 e. The van der Waals surface area contributed by atoms with E-state index in [-0.39, 0.29) is 18.9 Å². The minimum atomic E-state index is -1.23. The summed E-state index contributed by atoms with van der Waals surface area (Å²) in [6.45, 7) is 0.146. The van der Waals surface area contributed by atoms with Crippen LogP contribution < -0.4 is 5.32 Å². The van der Waals surface area contributed by atoms with Crippen molar-refractivity contribution in [2.24, 2.45) is 5.16 Å². The predicted octanol–water partition coefficient (Wildman–Crippen LogP) is 2.22. The minimum Gasteiger partial charge on any atom is -0.466 e. The molecule has 148 valence electrons. The Balaban J connectivity index is 1.43. The lowest BCUT2D eigenvalue weighted by molar-refractivity contribution is -0.166. The van der Waals surface area contributed by atoms with E-state index in [0.717, 1.165) is 16.5 Å². The summed E-state index contributed by atoms with van der Waals surface area (Å²) in [5, 5.41) is 14.5. The Bertz CT molecular complexity index is 1080. The van der Waals surface area contributed by atoms with E-state index >= 15 is 0 Å². The molecule has 8 heteroatoms. The van der Waals surface area contributed by atoms with Crippen LogP contribution >= 0.6 is 0 Å². The number of para-hydroxylation sites is 1. The normalized spacial score (nSPS) is 18.2. The smallest absolute Gasteiger partial charge is 0.353 e.